The summed E-state index contributed by atoms with van der Waals surface area (Å²) in [6.45, 7) is 6.52. The number of aromatic nitrogens is 2. The first-order valence-corrected chi connectivity index (χ1v) is 7.98. The lowest BCUT2D eigenvalue weighted by atomic mass is 10.2. The van der Waals surface area contributed by atoms with Gasteiger partial charge in [-0.2, -0.15) is 0 Å². The molecule has 7 heteroatoms. The highest BCUT2D eigenvalue weighted by Crippen LogP contribution is 2.20. The van der Waals surface area contributed by atoms with Crippen LogP contribution in [0, 0.1) is 0 Å². The largest absolute Gasteiger partial charge is 0.444 e. The number of rotatable bonds is 6. The average Bonchev–Trinajstić information content (AvgIpc) is 3.26. The molecule has 2 aromatic heterocycles. The Morgan fingerprint density at radius 3 is 3.00 bits per heavy atom. The topological polar surface area (TPSA) is 75.6 Å². The maximum atomic E-state index is 12.0. The fraction of sp³-hybridized carbons (Fsp3) is 0.562. The van der Waals surface area contributed by atoms with E-state index in [1.54, 1.807) is 19.3 Å². The van der Waals surface area contributed by atoms with Gasteiger partial charge in [0.1, 0.15) is 5.76 Å². The highest BCUT2D eigenvalue weighted by Gasteiger charge is 2.30. The molecule has 1 atom stereocenters. The van der Waals surface area contributed by atoms with Gasteiger partial charge < -0.3 is 13.8 Å². The molecule has 0 radical (unpaired) electrons. The molecule has 3 rings (SSSR count). The Morgan fingerprint density at radius 1 is 1.48 bits per heavy atom. The number of hydrogen-bond donors (Lipinski definition) is 0. The summed E-state index contributed by atoms with van der Waals surface area (Å²) in [5.41, 5.74) is 0. The van der Waals surface area contributed by atoms with Crippen LogP contribution in [-0.2, 0) is 24.3 Å². The van der Waals surface area contributed by atoms with Crippen molar-refractivity contribution in [3.8, 4) is 0 Å². The van der Waals surface area contributed by atoms with Crippen LogP contribution >= 0.6 is 0 Å². The van der Waals surface area contributed by atoms with Crippen molar-refractivity contribution in [3.63, 3.8) is 0 Å². The third-order valence-corrected chi connectivity index (χ3v) is 4.22. The second-order valence-electron chi connectivity index (χ2n) is 5.88. The van der Waals surface area contributed by atoms with Crippen molar-refractivity contribution in [2.45, 2.75) is 45.8 Å². The number of aryl methyl sites for hydroxylation is 1. The fourth-order valence-corrected chi connectivity index (χ4v) is 2.98. The van der Waals surface area contributed by atoms with Crippen LogP contribution in [0.1, 0.15) is 37.7 Å². The van der Waals surface area contributed by atoms with Crippen LogP contribution in [0.4, 0.5) is 0 Å². The molecular formula is C16H22N4O3. The van der Waals surface area contributed by atoms with E-state index in [0.717, 1.165) is 44.0 Å². The summed E-state index contributed by atoms with van der Waals surface area (Å²) in [4.78, 5) is 20.4. The molecule has 1 unspecified atom stereocenters. The van der Waals surface area contributed by atoms with E-state index in [2.05, 4.69) is 15.0 Å². The quantitative estimate of drug-likeness (QED) is 0.809. The third-order valence-electron chi connectivity index (χ3n) is 4.22. The number of carbonyl (C=O) groups excluding carboxylic acids is 1. The van der Waals surface area contributed by atoms with Gasteiger partial charge >= 0.3 is 0 Å². The minimum absolute atomic E-state index is 0.0489. The van der Waals surface area contributed by atoms with E-state index >= 15 is 0 Å². The molecule has 3 heterocycles. The van der Waals surface area contributed by atoms with Gasteiger partial charge in [0, 0.05) is 38.5 Å². The maximum Gasteiger partial charge on any atom is 0.220 e. The summed E-state index contributed by atoms with van der Waals surface area (Å²) in [6.07, 6.45) is 5.13. The smallest absolute Gasteiger partial charge is 0.220 e. The van der Waals surface area contributed by atoms with Crippen LogP contribution in [0.3, 0.4) is 0 Å². The van der Waals surface area contributed by atoms with E-state index in [0.29, 0.717) is 12.4 Å². The van der Waals surface area contributed by atoms with Crippen molar-refractivity contribution >= 4 is 5.91 Å². The van der Waals surface area contributed by atoms with Crippen molar-refractivity contribution < 1.29 is 13.7 Å². The first kappa shape index (κ1) is 15.7. The van der Waals surface area contributed by atoms with Crippen LogP contribution in [-0.4, -0.2) is 45.0 Å². The fourth-order valence-electron chi connectivity index (χ4n) is 2.98. The molecule has 7 nitrogen and oxygen atoms in total. The van der Waals surface area contributed by atoms with E-state index in [9.17, 15) is 4.79 Å². The SMILES string of the molecule is CCc1cnc(CN(C(C)=O)C2CCN(Cc3ccno3)C2)o1. The second kappa shape index (κ2) is 6.95. The Labute approximate surface area is 135 Å². The van der Waals surface area contributed by atoms with Gasteiger partial charge in [0.2, 0.25) is 11.8 Å². The molecule has 23 heavy (non-hydrogen) atoms. The van der Waals surface area contributed by atoms with Crippen LogP contribution in [0.2, 0.25) is 0 Å². The van der Waals surface area contributed by atoms with Gasteiger partial charge in [0.05, 0.1) is 25.5 Å². The number of likely N-dealkylation sites (tertiary alicyclic amines) is 1. The summed E-state index contributed by atoms with van der Waals surface area (Å²) < 4.78 is 10.8. The van der Waals surface area contributed by atoms with E-state index in [1.165, 1.54) is 0 Å². The number of amides is 1. The molecule has 0 bridgehead atoms. The van der Waals surface area contributed by atoms with E-state index < -0.39 is 0 Å². The minimum atomic E-state index is 0.0489. The highest BCUT2D eigenvalue weighted by molar-refractivity contribution is 5.73. The molecule has 2 aromatic rings. The molecule has 1 saturated heterocycles. The predicted molar refractivity (Wildman–Crippen MR) is 82.3 cm³/mol. The lowest BCUT2D eigenvalue weighted by Gasteiger charge is -2.26. The van der Waals surface area contributed by atoms with Gasteiger partial charge in [0.15, 0.2) is 5.76 Å². The van der Waals surface area contributed by atoms with Crippen molar-refractivity contribution in [1.29, 1.82) is 0 Å². The molecule has 0 N–H and O–H groups in total. The van der Waals surface area contributed by atoms with E-state index in [-0.39, 0.29) is 11.9 Å². The summed E-state index contributed by atoms with van der Waals surface area (Å²) in [6, 6.07) is 2.04. The monoisotopic (exact) mass is 318 g/mol. The number of oxazole rings is 1. The van der Waals surface area contributed by atoms with Crippen molar-refractivity contribution in [2.75, 3.05) is 13.1 Å². The zero-order chi connectivity index (χ0) is 16.2. The van der Waals surface area contributed by atoms with Crippen LogP contribution in [0.15, 0.2) is 27.4 Å². The van der Waals surface area contributed by atoms with Gasteiger partial charge in [-0.3, -0.25) is 9.69 Å². The molecule has 0 saturated carbocycles. The molecule has 1 amide bonds. The Bertz CT molecular complexity index is 638. The summed E-state index contributed by atoms with van der Waals surface area (Å²) in [5.74, 6) is 2.35. The first-order chi connectivity index (χ1) is 11.2. The van der Waals surface area contributed by atoms with Gasteiger partial charge in [0.25, 0.3) is 0 Å². The van der Waals surface area contributed by atoms with Crippen molar-refractivity contribution in [2.24, 2.45) is 0 Å². The summed E-state index contributed by atoms with van der Waals surface area (Å²) in [5, 5.41) is 3.73. The predicted octanol–water partition coefficient (Wildman–Crippen LogP) is 1.85. The molecular weight excluding hydrogens is 296 g/mol. The number of hydrogen-bond acceptors (Lipinski definition) is 6. The zero-order valence-electron chi connectivity index (χ0n) is 13.6. The normalized spacial score (nSPS) is 18.4. The van der Waals surface area contributed by atoms with Gasteiger partial charge in [-0.1, -0.05) is 12.1 Å². The van der Waals surface area contributed by atoms with Crippen molar-refractivity contribution in [3.05, 3.63) is 35.9 Å². The first-order valence-electron chi connectivity index (χ1n) is 7.98. The standard InChI is InChI=1S/C16H22N4O3/c1-3-14-8-17-16(22-14)11-20(12(2)21)13-5-7-19(9-13)10-15-4-6-18-23-15/h4,6,8,13H,3,5,7,9-11H2,1-2H3. The van der Waals surface area contributed by atoms with Gasteiger partial charge in [-0.05, 0) is 6.42 Å². The third kappa shape index (κ3) is 3.79. The molecule has 124 valence electrons. The van der Waals surface area contributed by atoms with Gasteiger partial charge in [-0.25, -0.2) is 4.98 Å². The molecule has 1 aliphatic heterocycles. The van der Waals surface area contributed by atoms with Crippen molar-refractivity contribution in [1.82, 2.24) is 19.9 Å². The maximum absolute atomic E-state index is 12.0. The second-order valence-corrected chi connectivity index (χ2v) is 5.88. The Morgan fingerprint density at radius 2 is 2.35 bits per heavy atom. The number of nitrogens with zero attached hydrogens (tertiary/aromatic N) is 4. The Balaban J connectivity index is 1.61. The van der Waals surface area contributed by atoms with Crippen LogP contribution in [0.5, 0.6) is 0 Å². The highest BCUT2D eigenvalue weighted by atomic mass is 16.5. The average molecular weight is 318 g/mol. The number of carbonyl (C=O) groups is 1. The molecule has 1 aliphatic rings. The lowest BCUT2D eigenvalue weighted by molar-refractivity contribution is -0.132. The summed E-state index contributed by atoms with van der Waals surface area (Å²) >= 11 is 0. The van der Waals surface area contributed by atoms with E-state index in [1.807, 2.05) is 17.9 Å². The Kier molecular flexibility index (Phi) is 4.76. The molecule has 0 aliphatic carbocycles. The zero-order valence-corrected chi connectivity index (χ0v) is 13.6. The van der Waals surface area contributed by atoms with Crippen LogP contribution in [0.25, 0.3) is 0 Å². The molecule has 0 aromatic carbocycles. The molecule has 1 fully saturated rings. The van der Waals surface area contributed by atoms with Crippen LogP contribution < -0.4 is 0 Å². The Hall–Kier alpha value is -2.15. The summed E-state index contributed by atoms with van der Waals surface area (Å²) in [7, 11) is 0. The minimum Gasteiger partial charge on any atom is -0.444 e. The van der Waals surface area contributed by atoms with E-state index in [4.69, 9.17) is 8.94 Å². The lowest BCUT2D eigenvalue weighted by Crippen LogP contribution is -2.40. The van der Waals surface area contributed by atoms with Gasteiger partial charge in [-0.15, -0.1) is 0 Å². The molecule has 0 spiro atoms.